The van der Waals surface area contributed by atoms with Crippen LogP contribution in [0.4, 0.5) is 10.2 Å². The summed E-state index contributed by atoms with van der Waals surface area (Å²) in [5.41, 5.74) is 2.97. The molecule has 8 nitrogen and oxygen atoms in total. The first-order valence-corrected chi connectivity index (χ1v) is 10.9. The molecule has 4 heterocycles. The molecule has 2 N–H and O–H groups in total. The number of nitrogens with one attached hydrogen (secondary N) is 2. The van der Waals surface area contributed by atoms with E-state index in [4.69, 9.17) is 4.74 Å². The molecular weight excluding hydrogens is 423 g/mol. The molecule has 0 amide bonds. The summed E-state index contributed by atoms with van der Waals surface area (Å²) in [5.74, 6) is 1.03. The molecule has 1 aliphatic heterocycles. The minimum Gasteiger partial charge on any atom is -0.493 e. The minimum atomic E-state index is -0.272. The number of aromatic nitrogens is 4. The van der Waals surface area contributed by atoms with Crippen molar-refractivity contribution in [1.29, 1.82) is 0 Å². The molecule has 4 aromatic rings. The third kappa shape index (κ3) is 4.07. The van der Waals surface area contributed by atoms with E-state index in [2.05, 4.69) is 25.3 Å². The fraction of sp³-hybridized carbons (Fsp3) is 0.292. The highest BCUT2D eigenvalue weighted by Gasteiger charge is 2.20. The Hall–Kier alpha value is -3.72. The maximum atomic E-state index is 14.6. The van der Waals surface area contributed by atoms with Gasteiger partial charge in [-0.15, -0.1) is 0 Å². The molecule has 33 heavy (non-hydrogen) atoms. The highest BCUT2D eigenvalue weighted by atomic mass is 19.1. The number of H-pyrrole nitrogens is 1. The van der Waals surface area contributed by atoms with E-state index in [1.807, 2.05) is 24.8 Å². The Balaban J connectivity index is 1.52. The molecule has 0 bridgehead atoms. The summed E-state index contributed by atoms with van der Waals surface area (Å²) in [6, 6.07) is 6.59. The maximum Gasteiger partial charge on any atom is 0.248 e. The number of hydrogen-bond acceptors (Lipinski definition) is 6. The Morgan fingerprint density at radius 3 is 3.00 bits per heavy atom. The van der Waals surface area contributed by atoms with Crippen LogP contribution in [-0.4, -0.2) is 51.9 Å². The monoisotopic (exact) mass is 448 g/mol. The lowest BCUT2D eigenvalue weighted by molar-refractivity contribution is 0.356. The number of rotatable bonds is 7. The van der Waals surface area contributed by atoms with E-state index in [0.717, 1.165) is 39.9 Å². The number of hydrogen-bond donors (Lipinski definition) is 2. The zero-order valence-electron chi connectivity index (χ0n) is 18.6. The summed E-state index contributed by atoms with van der Waals surface area (Å²) < 4.78 is 22.0. The molecule has 0 saturated heterocycles. The van der Waals surface area contributed by atoms with Gasteiger partial charge in [0.2, 0.25) is 5.56 Å². The molecule has 0 unspecified atom stereocenters. The standard InChI is InChI=1S/C24H25FN6O2/c1-30(2)8-9-31-21(5-7-29-31)18-13-28-24(19-14-26-23(32)11-16(18)19)27-12-17-15-6-10-33-22(15)4-3-20(17)25/h3-5,7,11,13-14H,6,8-10,12H2,1-2H3,(H,26,32)(H,27,28). The topological polar surface area (TPSA) is 88.1 Å². The van der Waals surface area contributed by atoms with Gasteiger partial charge in [-0.3, -0.25) is 9.48 Å². The zero-order valence-corrected chi connectivity index (χ0v) is 18.6. The Labute approximate surface area is 190 Å². The van der Waals surface area contributed by atoms with Crippen molar-refractivity contribution in [3.63, 3.8) is 0 Å². The third-order valence-electron chi connectivity index (χ3n) is 5.92. The van der Waals surface area contributed by atoms with Crippen molar-refractivity contribution in [1.82, 2.24) is 24.6 Å². The number of benzene rings is 1. The number of fused-ring (bicyclic) bond motifs is 2. The third-order valence-corrected chi connectivity index (χ3v) is 5.92. The van der Waals surface area contributed by atoms with Gasteiger partial charge in [0.15, 0.2) is 0 Å². The average Bonchev–Trinajstić information content (AvgIpc) is 3.46. The first-order chi connectivity index (χ1) is 16.0. The van der Waals surface area contributed by atoms with Crippen LogP contribution in [0.5, 0.6) is 5.75 Å². The van der Waals surface area contributed by atoms with Crippen molar-refractivity contribution >= 4 is 16.6 Å². The van der Waals surface area contributed by atoms with Gasteiger partial charge in [-0.1, -0.05) is 0 Å². The van der Waals surface area contributed by atoms with Crippen LogP contribution in [0.15, 0.2) is 47.7 Å². The van der Waals surface area contributed by atoms with Crippen molar-refractivity contribution in [3.05, 3.63) is 70.2 Å². The lowest BCUT2D eigenvalue weighted by Crippen LogP contribution is -2.19. The fourth-order valence-electron chi connectivity index (χ4n) is 4.22. The lowest BCUT2D eigenvalue weighted by Gasteiger charge is -2.15. The van der Waals surface area contributed by atoms with Crippen molar-refractivity contribution in [2.45, 2.75) is 19.5 Å². The van der Waals surface area contributed by atoms with E-state index < -0.39 is 0 Å². The van der Waals surface area contributed by atoms with Gasteiger partial charge in [0.25, 0.3) is 0 Å². The molecule has 170 valence electrons. The zero-order chi connectivity index (χ0) is 22.9. The van der Waals surface area contributed by atoms with Crippen LogP contribution >= 0.6 is 0 Å². The minimum absolute atomic E-state index is 0.204. The molecule has 0 spiro atoms. The smallest absolute Gasteiger partial charge is 0.248 e. The molecule has 0 aliphatic carbocycles. The normalized spacial score (nSPS) is 12.8. The van der Waals surface area contributed by atoms with Gasteiger partial charge in [0, 0.05) is 71.6 Å². The van der Waals surface area contributed by atoms with Crippen molar-refractivity contribution in [2.24, 2.45) is 0 Å². The van der Waals surface area contributed by atoms with Gasteiger partial charge < -0.3 is 19.9 Å². The van der Waals surface area contributed by atoms with E-state index in [9.17, 15) is 9.18 Å². The van der Waals surface area contributed by atoms with Crippen LogP contribution in [0, 0.1) is 5.82 Å². The van der Waals surface area contributed by atoms with Crippen LogP contribution in [0.1, 0.15) is 11.1 Å². The fourth-order valence-corrected chi connectivity index (χ4v) is 4.22. The lowest BCUT2D eigenvalue weighted by atomic mass is 10.0. The predicted molar refractivity (Wildman–Crippen MR) is 125 cm³/mol. The molecule has 9 heteroatoms. The van der Waals surface area contributed by atoms with Gasteiger partial charge in [0.1, 0.15) is 17.4 Å². The van der Waals surface area contributed by atoms with Crippen LogP contribution in [0.2, 0.25) is 0 Å². The second-order valence-corrected chi connectivity index (χ2v) is 8.34. The van der Waals surface area contributed by atoms with Crippen molar-refractivity contribution in [3.8, 4) is 17.0 Å². The molecule has 5 rings (SSSR count). The van der Waals surface area contributed by atoms with Crippen LogP contribution < -0.4 is 15.6 Å². The van der Waals surface area contributed by atoms with Gasteiger partial charge in [0.05, 0.1) is 18.8 Å². The molecule has 0 fully saturated rings. The quantitative estimate of drug-likeness (QED) is 0.452. The second-order valence-electron chi connectivity index (χ2n) is 8.34. The average molecular weight is 449 g/mol. The molecule has 0 radical (unpaired) electrons. The number of likely N-dealkylation sites (N-methyl/N-ethyl adjacent to an activating group) is 1. The summed E-state index contributed by atoms with van der Waals surface area (Å²) in [7, 11) is 4.02. The number of ether oxygens (including phenoxy) is 1. The number of halogens is 1. The Morgan fingerprint density at radius 2 is 2.15 bits per heavy atom. The number of pyridine rings is 2. The van der Waals surface area contributed by atoms with Crippen LogP contribution in [0.25, 0.3) is 22.0 Å². The highest BCUT2D eigenvalue weighted by molar-refractivity contribution is 6.00. The molecule has 3 aromatic heterocycles. The van der Waals surface area contributed by atoms with Crippen molar-refractivity contribution < 1.29 is 9.13 Å². The van der Waals surface area contributed by atoms with Gasteiger partial charge in [-0.2, -0.15) is 5.10 Å². The van der Waals surface area contributed by atoms with Crippen LogP contribution in [0.3, 0.4) is 0 Å². The number of nitrogens with zero attached hydrogens (tertiary/aromatic N) is 4. The van der Waals surface area contributed by atoms with Gasteiger partial charge in [-0.05, 0) is 32.3 Å². The Bertz CT molecular complexity index is 1380. The predicted octanol–water partition coefficient (Wildman–Crippen LogP) is 3.03. The van der Waals surface area contributed by atoms with Gasteiger partial charge >= 0.3 is 0 Å². The second kappa shape index (κ2) is 8.67. The van der Waals surface area contributed by atoms with E-state index >= 15 is 0 Å². The van der Waals surface area contributed by atoms with E-state index in [1.54, 1.807) is 30.7 Å². The SMILES string of the molecule is CN(C)CCn1nccc1-c1cnc(NCc2c(F)ccc3c2CCO3)c2c[nH]c(=O)cc12. The van der Waals surface area contributed by atoms with E-state index in [1.165, 1.54) is 6.07 Å². The number of aromatic amines is 1. The Morgan fingerprint density at radius 1 is 1.27 bits per heavy atom. The summed E-state index contributed by atoms with van der Waals surface area (Å²) in [5, 5.41) is 9.21. The van der Waals surface area contributed by atoms with E-state index in [-0.39, 0.29) is 17.9 Å². The molecule has 0 atom stereocenters. The van der Waals surface area contributed by atoms with Crippen molar-refractivity contribution in [2.75, 3.05) is 32.6 Å². The first-order valence-electron chi connectivity index (χ1n) is 10.9. The molecule has 1 aromatic carbocycles. The van der Waals surface area contributed by atoms with Crippen LogP contribution in [-0.2, 0) is 19.5 Å². The highest BCUT2D eigenvalue weighted by Crippen LogP contribution is 2.33. The summed E-state index contributed by atoms with van der Waals surface area (Å²) in [6.45, 7) is 2.36. The largest absolute Gasteiger partial charge is 0.493 e. The summed E-state index contributed by atoms with van der Waals surface area (Å²) >= 11 is 0. The summed E-state index contributed by atoms with van der Waals surface area (Å²) in [6.07, 6.45) is 5.81. The first kappa shape index (κ1) is 21.1. The molecular formula is C24H25FN6O2. The maximum absolute atomic E-state index is 14.6. The van der Waals surface area contributed by atoms with Gasteiger partial charge in [-0.25, -0.2) is 9.37 Å². The summed E-state index contributed by atoms with van der Waals surface area (Å²) in [4.78, 5) is 21.6. The number of anilines is 1. The van der Waals surface area contributed by atoms with E-state index in [0.29, 0.717) is 31.0 Å². The molecule has 0 saturated carbocycles. The Kier molecular flexibility index (Phi) is 5.55. The molecule has 1 aliphatic rings.